The van der Waals surface area contributed by atoms with Gasteiger partial charge in [-0.25, -0.2) is 4.98 Å². The molecule has 1 fully saturated rings. The van der Waals surface area contributed by atoms with Gasteiger partial charge in [0.1, 0.15) is 11.6 Å². The molecule has 2 atom stereocenters. The molecule has 0 radical (unpaired) electrons. The van der Waals surface area contributed by atoms with Gasteiger partial charge in [-0.15, -0.1) is 0 Å². The number of rotatable bonds is 7. The summed E-state index contributed by atoms with van der Waals surface area (Å²) in [4.78, 5) is 32.1. The lowest BCUT2D eigenvalue weighted by Crippen LogP contribution is -2.47. The maximum absolute atomic E-state index is 13.2. The molecule has 1 aromatic carbocycles. The molecule has 154 valence electrons. The van der Waals surface area contributed by atoms with Crippen molar-refractivity contribution in [2.24, 2.45) is 5.92 Å². The van der Waals surface area contributed by atoms with Crippen LogP contribution in [-0.4, -0.2) is 35.4 Å². The van der Waals surface area contributed by atoms with Crippen LogP contribution in [0.3, 0.4) is 0 Å². The zero-order valence-electron chi connectivity index (χ0n) is 17.4. The van der Waals surface area contributed by atoms with Gasteiger partial charge in [0.2, 0.25) is 11.8 Å². The number of aryl methyl sites for hydroxylation is 1. The number of unbranched alkanes of at least 4 members (excludes halogenated alkanes) is 1. The largest absolute Gasteiger partial charge is 0.497 e. The highest BCUT2D eigenvalue weighted by atomic mass is 16.5. The Kier molecular flexibility index (Phi) is 6.86. The molecule has 1 aromatic heterocycles. The number of amides is 2. The summed E-state index contributed by atoms with van der Waals surface area (Å²) in [6, 6.07) is 11.1. The maximum atomic E-state index is 13.2. The number of ether oxygens (including phenoxy) is 1. The number of piperidine rings is 1. The molecule has 0 bridgehead atoms. The molecule has 1 aliphatic heterocycles. The maximum Gasteiger partial charge on any atom is 0.231 e. The molecule has 1 N–H and O–H groups in total. The van der Waals surface area contributed by atoms with Crippen molar-refractivity contribution in [3.8, 4) is 5.75 Å². The number of aromatic nitrogens is 1. The van der Waals surface area contributed by atoms with Crippen molar-refractivity contribution >= 4 is 17.6 Å². The second-order valence-corrected chi connectivity index (χ2v) is 7.51. The number of hydrogen-bond donors (Lipinski definition) is 1. The second-order valence-electron chi connectivity index (χ2n) is 7.51. The summed E-state index contributed by atoms with van der Waals surface area (Å²) in [5.74, 6) is 0.959. The van der Waals surface area contributed by atoms with Crippen LogP contribution in [0.2, 0.25) is 0 Å². The standard InChI is InChI=1S/C23H29N3O3/c1-4-5-14-26-21(27)13-11-19(22(26)17-7-9-18(29-3)10-8-17)23(28)25-20-12-6-16(2)15-24-20/h6-10,12,15,19,22H,4-5,11,13-14H2,1-3H3,(H,24,25,28). The normalized spacial score (nSPS) is 19.1. The number of anilines is 1. The molecule has 6 heteroatoms. The monoisotopic (exact) mass is 395 g/mol. The number of carbonyl (C=O) groups excluding carboxylic acids is 2. The fourth-order valence-corrected chi connectivity index (χ4v) is 3.79. The van der Waals surface area contributed by atoms with Gasteiger partial charge >= 0.3 is 0 Å². The zero-order chi connectivity index (χ0) is 20.8. The fourth-order valence-electron chi connectivity index (χ4n) is 3.79. The third-order valence-corrected chi connectivity index (χ3v) is 5.42. The lowest BCUT2D eigenvalue weighted by atomic mass is 9.83. The van der Waals surface area contributed by atoms with Crippen LogP contribution < -0.4 is 10.1 Å². The van der Waals surface area contributed by atoms with Gasteiger partial charge in [-0.3, -0.25) is 9.59 Å². The molecular formula is C23H29N3O3. The van der Waals surface area contributed by atoms with Gasteiger partial charge in [0.05, 0.1) is 19.1 Å². The Morgan fingerprint density at radius 1 is 1.24 bits per heavy atom. The van der Waals surface area contributed by atoms with E-state index in [0.717, 1.165) is 29.7 Å². The van der Waals surface area contributed by atoms with E-state index in [2.05, 4.69) is 17.2 Å². The Hall–Kier alpha value is -2.89. The minimum absolute atomic E-state index is 0.101. The number of carbonyl (C=O) groups is 2. The van der Waals surface area contributed by atoms with Crippen molar-refractivity contribution in [1.29, 1.82) is 0 Å². The minimum Gasteiger partial charge on any atom is -0.497 e. The van der Waals surface area contributed by atoms with Gasteiger partial charge < -0.3 is 15.0 Å². The van der Waals surface area contributed by atoms with E-state index in [9.17, 15) is 9.59 Å². The molecule has 0 aliphatic carbocycles. The molecule has 0 saturated carbocycles. The Balaban J connectivity index is 1.89. The predicted octanol–water partition coefficient (Wildman–Crippen LogP) is 4.12. The molecule has 2 amide bonds. The van der Waals surface area contributed by atoms with Gasteiger partial charge in [-0.1, -0.05) is 31.5 Å². The van der Waals surface area contributed by atoms with Gasteiger partial charge in [-0.05, 0) is 49.1 Å². The van der Waals surface area contributed by atoms with Crippen LogP contribution in [0.5, 0.6) is 5.75 Å². The molecule has 2 unspecified atom stereocenters. The van der Waals surface area contributed by atoms with Crippen molar-refractivity contribution in [3.63, 3.8) is 0 Å². The van der Waals surface area contributed by atoms with Crippen molar-refractivity contribution in [2.75, 3.05) is 19.0 Å². The van der Waals surface area contributed by atoms with Crippen molar-refractivity contribution in [1.82, 2.24) is 9.88 Å². The van der Waals surface area contributed by atoms with E-state index in [0.29, 0.717) is 25.2 Å². The van der Waals surface area contributed by atoms with E-state index in [1.54, 1.807) is 19.4 Å². The van der Waals surface area contributed by atoms with Crippen molar-refractivity contribution in [2.45, 2.75) is 45.6 Å². The average molecular weight is 396 g/mol. The van der Waals surface area contributed by atoms with Crippen LogP contribution in [0.1, 0.15) is 49.8 Å². The highest BCUT2D eigenvalue weighted by Crippen LogP contribution is 2.38. The molecule has 0 spiro atoms. The summed E-state index contributed by atoms with van der Waals surface area (Å²) in [6.45, 7) is 4.71. The lowest BCUT2D eigenvalue weighted by Gasteiger charge is -2.41. The van der Waals surface area contributed by atoms with E-state index in [1.165, 1.54) is 0 Å². The van der Waals surface area contributed by atoms with Gasteiger partial charge in [0, 0.05) is 19.2 Å². The first-order chi connectivity index (χ1) is 14.0. The fraction of sp³-hybridized carbons (Fsp3) is 0.435. The van der Waals surface area contributed by atoms with E-state index in [4.69, 9.17) is 4.74 Å². The molecule has 3 rings (SSSR count). The summed E-state index contributed by atoms with van der Waals surface area (Å²) in [7, 11) is 1.62. The quantitative estimate of drug-likeness (QED) is 0.766. The first-order valence-electron chi connectivity index (χ1n) is 10.2. The van der Waals surface area contributed by atoms with Crippen molar-refractivity contribution < 1.29 is 14.3 Å². The number of nitrogens with zero attached hydrogens (tertiary/aromatic N) is 2. The van der Waals surface area contributed by atoms with Gasteiger partial charge in [-0.2, -0.15) is 0 Å². The number of hydrogen-bond acceptors (Lipinski definition) is 4. The first kappa shape index (κ1) is 20.8. The van der Waals surface area contributed by atoms with Crippen LogP contribution >= 0.6 is 0 Å². The summed E-state index contributed by atoms with van der Waals surface area (Å²) >= 11 is 0. The predicted molar refractivity (Wildman–Crippen MR) is 113 cm³/mol. The smallest absolute Gasteiger partial charge is 0.231 e. The van der Waals surface area contributed by atoms with Crippen LogP contribution in [0.4, 0.5) is 5.82 Å². The second kappa shape index (κ2) is 9.54. The van der Waals surface area contributed by atoms with E-state index < -0.39 is 0 Å². The van der Waals surface area contributed by atoms with Gasteiger partial charge in [0.25, 0.3) is 0 Å². The molecule has 29 heavy (non-hydrogen) atoms. The number of likely N-dealkylation sites (tertiary alicyclic amines) is 1. The van der Waals surface area contributed by atoms with Gasteiger partial charge in [0.15, 0.2) is 0 Å². The van der Waals surface area contributed by atoms with E-state index >= 15 is 0 Å². The van der Waals surface area contributed by atoms with Crippen LogP contribution in [0.15, 0.2) is 42.6 Å². The Bertz CT molecular complexity index is 833. The first-order valence-corrected chi connectivity index (χ1v) is 10.2. The third kappa shape index (κ3) is 4.94. The lowest BCUT2D eigenvalue weighted by molar-refractivity contribution is -0.142. The van der Waals surface area contributed by atoms with Crippen LogP contribution in [0.25, 0.3) is 0 Å². The van der Waals surface area contributed by atoms with E-state index in [1.807, 2.05) is 42.2 Å². The highest BCUT2D eigenvalue weighted by molar-refractivity contribution is 5.94. The summed E-state index contributed by atoms with van der Waals surface area (Å²) in [5, 5.41) is 2.94. The van der Waals surface area contributed by atoms with Crippen molar-refractivity contribution in [3.05, 3.63) is 53.7 Å². The third-order valence-electron chi connectivity index (χ3n) is 5.42. The topological polar surface area (TPSA) is 71.5 Å². The summed E-state index contributed by atoms with van der Waals surface area (Å²) in [6.07, 6.45) is 4.54. The molecular weight excluding hydrogens is 366 g/mol. The average Bonchev–Trinajstić information content (AvgIpc) is 2.74. The number of nitrogens with one attached hydrogen (secondary N) is 1. The Morgan fingerprint density at radius 3 is 2.62 bits per heavy atom. The minimum atomic E-state index is -0.332. The molecule has 2 aromatic rings. The zero-order valence-corrected chi connectivity index (χ0v) is 17.4. The van der Waals surface area contributed by atoms with Crippen LogP contribution in [0, 0.1) is 12.8 Å². The van der Waals surface area contributed by atoms with Crippen LogP contribution in [-0.2, 0) is 9.59 Å². The SMILES string of the molecule is CCCCN1C(=O)CCC(C(=O)Nc2ccc(C)cn2)C1c1ccc(OC)cc1. The number of methoxy groups -OCH3 is 1. The van der Waals surface area contributed by atoms with E-state index in [-0.39, 0.29) is 23.8 Å². The molecule has 1 aliphatic rings. The Morgan fingerprint density at radius 2 is 2.00 bits per heavy atom. The molecule has 2 heterocycles. The molecule has 6 nitrogen and oxygen atoms in total. The Labute approximate surface area is 172 Å². The summed E-state index contributed by atoms with van der Waals surface area (Å²) in [5.41, 5.74) is 1.99. The summed E-state index contributed by atoms with van der Waals surface area (Å²) < 4.78 is 5.26. The number of pyridine rings is 1. The highest BCUT2D eigenvalue weighted by Gasteiger charge is 2.40. The number of benzene rings is 1. The molecule has 1 saturated heterocycles.